The fourth-order valence-corrected chi connectivity index (χ4v) is 4.00. The molecule has 1 fully saturated rings. The van der Waals surface area contributed by atoms with Gasteiger partial charge in [0.2, 0.25) is 5.13 Å². The highest BCUT2D eigenvalue weighted by Gasteiger charge is 2.24. The molecule has 1 aliphatic rings. The lowest BCUT2D eigenvalue weighted by Crippen LogP contribution is -2.26. The van der Waals surface area contributed by atoms with Crippen molar-refractivity contribution in [2.24, 2.45) is 0 Å². The van der Waals surface area contributed by atoms with Gasteiger partial charge in [-0.15, -0.1) is 10.2 Å². The van der Waals surface area contributed by atoms with Gasteiger partial charge in [0.15, 0.2) is 4.34 Å². The number of anilines is 1. The maximum Gasteiger partial charge on any atom is 0.337 e. The van der Waals surface area contributed by atoms with E-state index >= 15 is 0 Å². The number of esters is 1. The number of benzene rings is 1. The Morgan fingerprint density at radius 2 is 2.16 bits per heavy atom. The predicted octanol–water partition coefficient (Wildman–Crippen LogP) is 2.73. The van der Waals surface area contributed by atoms with Gasteiger partial charge in [0.05, 0.1) is 12.7 Å². The van der Waals surface area contributed by atoms with Crippen LogP contribution in [0.4, 0.5) is 5.13 Å². The van der Waals surface area contributed by atoms with Gasteiger partial charge >= 0.3 is 5.97 Å². The van der Waals surface area contributed by atoms with Crippen molar-refractivity contribution < 1.29 is 19.1 Å². The van der Waals surface area contributed by atoms with Crippen molar-refractivity contribution in [3.05, 3.63) is 35.4 Å². The smallest absolute Gasteiger partial charge is 0.337 e. The van der Waals surface area contributed by atoms with Gasteiger partial charge in [-0.2, -0.15) is 0 Å². The molecule has 7 nitrogen and oxygen atoms in total. The highest BCUT2D eigenvalue weighted by molar-refractivity contribution is 8.00. The quantitative estimate of drug-likeness (QED) is 0.469. The Bertz CT molecular complexity index is 742. The SMILES string of the molecule is COC(=O)c1ccc(CSc2nnc(NC(=O)[C@@H]3CCCO3)s2)cc1. The molecule has 0 aliphatic carbocycles. The van der Waals surface area contributed by atoms with Gasteiger partial charge in [0.1, 0.15) is 6.10 Å². The molecule has 0 radical (unpaired) electrons. The highest BCUT2D eigenvalue weighted by Crippen LogP contribution is 2.28. The van der Waals surface area contributed by atoms with Gasteiger partial charge in [-0.25, -0.2) is 4.79 Å². The van der Waals surface area contributed by atoms with Crippen molar-refractivity contribution in [2.75, 3.05) is 19.0 Å². The topological polar surface area (TPSA) is 90.4 Å². The third kappa shape index (κ3) is 4.77. The zero-order chi connectivity index (χ0) is 17.6. The lowest BCUT2D eigenvalue weighted by Gasteiger charge is -2.06. The van der Waals surface area contributed by atoms with Crippen LogP contribution in [0.3, 0.4) is 0 Å². The van der Waals surface area contributed by atoms with Crippen molar-refractivity contribution in [3.8, 4) is 0 Å². The molecule has 1 aromatic heterocycles. The lowest BCUT2D eigenvalue weighted by atomic mass is 10.1. The van der Waals surface area contributed by atoms with E-state index in [4.69, 9.17) is 4.74 Å². The third-order valence-electron chi connectivity index (χ3n) is 3.60. The van der Waals surface area contributed by atoms with E-state index in [-0.39, 0.29) is 18.0 Å². The van der Waals surface area contributed by atoms with E-state index in [9.17, 15) is 9.59 Å². The van der Waals surface area contributed by atoms with Crippen molar-refractivity contribution in [1.82, 2.24) is 10.2 Å². The molecule has 25 heavy (non-hydrogen) atoms. The maximum atomic E-state index is 12.0. The number of methoxy groups -OCH3 is 1. The second-order valence-electron chi connectivity index (χ2n) is 5.34. The van der Waals surface area contributed by atoms with E-state index in [0.29, 0.717) is 23.1 Å². The summed E-state index contributed by atoms with van der Waals surface area (Å²) in [6, 6.07) is 7.21. The normalized spacial score (nSPS) is 16.6. The Morgan fingerprint density at radius 1 is 1.36 bits per heavy atom. The number of thioether (sulfide) groups is 1. The fourth-order valence-electron chi connectivity index (χ4n) is 2.29. The minimum absolute atomic E-state index is 0.163. The molecule has 1 aliphatic heterocycles. The number of nitrogens with one attached hydrogen (secondary N) is 1. The minimum atomic E-state index is -0.381. The standard InChI is InChI=1S/C16H17N3O4S2/c1-22-14(21)11-6-4-10(5-7-11)9-24-16-19-18-15(25-16)17-13(20)12-3-2-8-23-12/h4-7,12H,2-3,8-9H2,1H3,(H,17,18,20)/t12-/m0/s1. The number of ether oxygens (including phenoxy) is 2. The Morgan fingerprint density at radius 3 is 2.84 bits per heavy atom. The number of nitrogens with zero attached hydrogens (tertiary/aromatic N) is 2. The summed E-state index contributed by atoms with van der Waals surface area (Å²) in [6.07, 6.45) is 1.27. The zero-order valence-corrected chi connectivity index (χ0v) is 15.2. The van der Waals surface area contributed by atoms with Crippen LogP contribution in [0.5, 0.6) is 0 Å². The van der Waals surface area contributed by atoms with Gasteiger partial charge in [-0.1, -0.05) is 35.2 Å². The van der Waals surface area contributed by atoms with Gasteiger partial charge in [0, 0.05) is 12.4 Å². The number of carbonyl (C=O) groups excluding carboxylic acids is 2. The Labute approximate surface area is 153 Å². The van der Waals surface area contributed by atoms with Crippen molar-refractivity contribution >= 4 is 40.1 Å². The number of aromatic nitrogens is 2. The fraction of sp³-hybridized carbons (Fsp3) is 0.375. The third-order valence-corrected chi connectivity index (χ3v) is 5.64. The van der Waals surface area contributed by atoms with Crippen LogP contribution in [-0.4, -0.2) is 41.9 Å². The summed E-state index contributed by atoms with van der Waals surface area (Å²) >= 11 is 2.85. The number of amides is 1. The molecule has 0 saturated carbocycles. The van der Waals surface area contributed by atoms with Crippen LogP contribution >= 0.6 is 23.1 Å². The average molecular weight is 379 g/mol. The summed E-state index contributed by atoms with van der Waals surface area (Å²) in [5, 5.41) is 11.3. The van der Waals surface area contributed by atoms with Crippen LogP contribution in [0.2, 0.25) is 0 Å². The first-order valence-electron chi connectivity index (χ1n) is 7.72. The molecule has 1 atom stereocenters. The van der Waals surface area contributed by atoms with Crippen molar-refractivity contribution in [2.45, 2.75) is 29.0 Å². The molecule has 3 rings (SSSR count). The molecule has 1 aromatic carbocycles. The Kier molecular flexibility index (Phi) is 6.00. The summed E-state index contributed by atoms with van der Waals surface area (Å²) < 4.78 is 10.8. The largest absolute Gasteiger partial charge is 0.465 e. The number of carbonyl (C=O) groups is 2. The number of rotatable bonds is 6. The average Bonchev–Trinajstić information content (AvgIpc) is 3.31. The summed E-state index contributed by atoms with van der Waals surface area (Å²) in [7, 11) is 1.36. The van der Waals surface area contributed by atoms with Crippen LogP contribution in [0.1, 0.15) is 28.8 Å². The second-order valence-corrected chi connectivity index (χ2v) is 7.54. The van der Waals surface area contributed by atoms with E-state index in [1.807, 2.05) is 12.1 Å². The first kappa shape index (κ1) is 17.8. The van der Waals surface area contributed by atoms with Crippen LogP contribution in [0.15, 0.2) is 28.6 Å². The Hall–Kier alpha value is -1.97. The zero-order valence-electron chi connectivity index (χ0n) is 13.6. The molecule has 0 unspecified atom stereocenters. The van der Waals surface area contributed by atoms with E-state index < -0.39 is 0 Å². The van der Waals surface area contributed by atoms with E-state index in [1.165, 1.54) is 30.2 Å². The lowest BCUT2D eigenvalue weighted by molar-refractivity contribution is -0.124. The molecule has 1 N–H and O–H groups in total. The molecular formula is C16H17N3O4S2. The second kappa shape index (κ2) is 8.41. The number of hydrogen-bond acceptors (Lipinski definition) is 8. The highest BCUT2D eigenvalue weighted by atomic mass is 32.2. The summed E-state index contributed by atoms with van der Waals surface area (Å²) in [5.41, 5.74) is 1.57. The number of hydrogen-bond donors (Lipinski definition) is 1. The first-order valence-corrected chi connectivity index (χ1v) is 9.52. The monoisotopic (exact) mass is 379 g/mol. The van der Waals surface area contributed by atoms with Crippen molar-refractivity contribution in [3.63, 3.8) is 0 Å². The van der Waals surface area contributed by atoms with E-state index in [0.717, 1.165) is 22.7 Å². The van der Waals surface area contributed by atoms with Gasteiger partial charge < -0.3 is 9.47 Å². The van der Waals surface area contributed by atoms with Crippen LogP contribution < -0.4 is 5.32 Å². The maximum absolute atomic E-state index is 12.0. The van der Waals surface area contributed by atoms with Crippen molar-refractivity contribution in [1.29, 1.82) is 0 Å². The minimum Gasteiger partial charge on any atom is -0.465 e. The Balaban J connectivity index is 1.51. The van der Waals surface area contributed by atoms with Crippen LogP contribution in [-0.2, 0) is 20.0 Å². The summed E-state index contributed by atoms with van der Waals surface area (Å²) in [4.78, 5) is 23.4. The molecule has 0 bridgehead atoms. The van der Waals surface area contributed by atoms with Gasteiger partial charge in [-0.3, -0.25) is 10.1 Å². The molecule has 2 aromatic rings. The van der Waals surface area contributed by atoms with Crippen LogP contribution in [0.25, 0.3) is 0 Å². The molecule has 1 saturated heterocycles. The van der Waals surface area contributed by atoms with E-state index in [1.54, 1.807) is 12.1 Å². The first-order chi connectivity index (χ1) is 12.2. The summed E-state index contributed by atoms with van der Waals surface area (Å²) in [5.74, 6) is 0.175. The van der Waals surface area contributed by atoms with Gasteiger partial charge in [-0.05, 0) is 30.5 Å². The van der Waals surface area contributed by atoms with Gasteiger partial charge in [0.25, 0.3) is 5.91 Å². The molecule has 132 valence electrons. The summed E-state index contributed by atoms with van der Waals surface area (Å²) in [6.45, 7) is 0.629. The predicted molar refractivity (Wildman–Crippen MR) is 94.9 cm³/mol. The molecule has 9 heteroatoms. The molecular weight excluding hydrogens is 362 g/mol. The molecule has 0 spiro atoms. The van der Waals surface area contributed by atoms with Crippen LogP contribution in [0, 0.1) is 0 Å². The molecule has 2 heterocycles. The molecule has 1 amide bonds. The van der Waals surface area contributed by atoms with E-state index in [2.05, 4.69) is 20.3 Å².